The predicted molar refractivity (Wildman–Crippen MR) is 54.8 cm³/mol. The highest BCUT2D eigenvalue weighted by Crippen LogP contribution is 2.12. The van der Waals surface area contributed by atoms with Crippen LogP contribution in [0.5, 0.6) is 0 Å². The highest BCUT2D eigenvalue weighted by molar-refractivity contribution is 5.67. The molecule has 0 amide bonds. The average Bonchev–Trinajstić information content (AvgIpc) is 2.07. The van der Waals surface area contributed by atoms with Crippen molar-refractivity contribution in [3.05, 3.63) is 29.8 Å². The van der Waals surface area contributed by atoms with E-state index in [0.717, 1.165) is 5.56 Å². The second-order valence-electron chi connectivity index (χ2n) is 3.26. The Morgan fingerprint density at radius 2 is 2.07 bits per heavy atom. The van der Waals surface area contributed by atoms with Crippen LogP contribution in [0.4, 0.5) is 5.69 Å². The number of nitrogens with two attached hydrogens (primary N) is 2. The summed E-state index contributed by atoms with van der Waals surface area (Å²) in [5.41, 5.74) is 12.9. The van der Waals surface area contributed by atoms with Crippen molar-refractivity contribution in [3.63, 3.8) is 0 Å². The SMILES string of the molecule is Nc1ccccc1C[C@@H](N)CC(=O)O. The molecule has 0 spiro atoms. The van der Waals surface area contributed by atoms with Crippen LogP contribution in [0.1, 0.15) is 12.0 Å². The van der Waals surface area contributed by atoms with Gasteiger partial charge in [-0.2, -0.15) is 0 Å². The van der Waals surface area contributed by atoms with Crippen molar-refractivity contribution in [2.45, 2.75) is 18.9 Å². The highest BCUT2D eigenvalue weighted by atomic mass is 16.4. The van der Waals surface area contributed by atoms with Gasteiger partial charge in [-0.15, -0.1) is 0 Å². The van der Waals surface area contributed by atoms with Crippen LogP contribution in [0.25, 0.3) is 0 Å². The monoisotopic (exact) mass is 194 g/mol. The lowest BCUT2D eigenvalue weighted by Crippen LogP contribution is -2.26. The standard InChI is InChI=1S/C10H14N2O2/c11-8(6-10(13)14)5-7-3-1-2-4-9(7)12/h1-4,8H,5-6,11-12H2,(H,13,14)/t8-/m1/s1. The van der Waals surface area contributed by atoms with Crippen LogP contribution in [0.3, 0.4) is 0 Å². The molecule has 0 aromatic heterocycles. The van der Waals surface area contributed by atoms with Gasteiger partial charge in [0.05, 0.1) is 6.42 Å². The molecule has 4 nitrogen and oxygen atoms in total. The van der Waals surface area contributed by atoms with E-state index in [1.165, 1.54) is 0 Å². The molecule has 0 unspecified atom stereocenters. The molecule has 0 radical (unpaired) electrons. The molecular formula is C10H14N2O2. The van der Waals surface area contributed by atoms with E-state index in [4.69, 9.17) is 16.6 Å². The maximum Gasteiger partial charge on any atom is 0.304 e. The number of anilines is 1. The van der Waals surface area contributed by atoms with E-state index in [-0.39, 0.29) is 12.5 Å². The Hall–Kier alpha value is -1.55. The molecule has 5 N–H and O–H groups in total. The van der Waals surface area contributed by atoms with Crippen molar-refractivity contribution in [1.29, 1.82) is 0 Å². The number of hydrogen-bond acceptors (Lipinski definition) is 3. The summed E-state index contributed by atoms with van der Waals surface area (Å²) in [6.07, 6.45) is 0.466. The number of hydrogen-bond donors (Lipinski definition) is 3. The minimum Gasteiger partial charge on any atom is -0.481 e. The minimum absolute atomic E-state index is 0.0334. The Morgan fingerprint density at radius 1 is 1.43 bits per heavy atom. The number of para-hydroxylation sites is 1. The van der Waals surface area contributed by atoms with E-state index >= 15 is 0 Å². The maximum atomic E-state index is 10.4. The van der Waals surface area contributed by atoms with Crippen molar-refractivity contribution in [3.8, 4) is 0 Å². The summed E-state index contributed by atoms with van der Waals surface area (Å²) in [5.74, 6) is -0.882. The molecule has 0 aliphatic carbocycles. The van der Waals surface area contributed by atoms with Gasteiger partial charge < -0.3 is 16.6 Å². The Bertz CT molecular complexity index is 326. The van der Waals surface area contributed by atoms with Gasteiger partial charge in [-0.25, -0.2) is 0 Å². The van der Waals surface area contributed by atoms with Crippen molar-refractivity contribution in [2.24, 2.45) is 5.73 Å². The van der Waals surface area contributed by atoms with Crippen LogP contribution < -0.4 is 11.5 Å². The van der Waals surface area contributed by atoms with Gasteiger partial charge in [0.2, 0.25) is 0 Å². The quantitative estimate of drug-likeness (QED) is 0.613. The minimum atomic E-state index is -0.882. The molecule has 0 fully saturated rings. The van der Waals surface area contributed by atoms with Crippen LogP contribution in [0.15, 0.2) is 24.3 Å². The van der Waals surface area contributed by atoms with Crippen LogP contribution in [-0.4, -0.2) is 17.1 Å². The first kappa shape index (κ1) is 10.5. The first-order valence-electron chi connectivity index (χ1n) is 4.40. The Morgan fingerprint density at radius 3 is 2.64 bits per heavy atom. The predicted octanol–water partition coefficient (Wildman–Crippen LogP) is 0.613. The highest BCUT2D eigenvalue weighted by Gasteiger charge is 2.09. The molecule has 1 rings (SSSR count). The van der Waals surface area contributed by atoms with E-state index in [0.29, 0.717) is 12.1 Å². The number of aliphatic carboxylic acids is 1. The van der Waals surface area contributed by atoms with Crippen LogP contribution in [0, 0.1) is 0 Å². The van der Waals surface area contributed by atoms with Gasteiger partial charge in [0, 0.05) is 11.7 Å². The zero-order valence-electron chi connectivity index (χ0n) is 7.81. The van der Waals surface area contributed by atoms with Gasteiger partial charge in [-0.1, -0.05) is 18.2 Å². The molecular weight excluding hydrogens is 180 g/mol. The second-order valence-corrected chi connectivity index (χ2v) is 3.26. The first-order valence-corrected chi connectivity index (χ1v) is 4.40. The van der Waals surface area contributed by atoms with E-state index in [9.17, 15) is 4.79 Å². The molecule has 1 atom stereocenters. The summed E-state index contributed by atoms with van der Waals surface area (Å²) in [7, 11) is 0. The molecule has 0 bridgehead atoms. The maximum absolute atomic E-state index is 10.4. The first-order chi connectivity index (χ1) is 6.59. The summed E-state index contributed by atoms with van der Waals surface area (Å²) in [4.78, 5) is 10.4. The van der Waals surface area contributed by atoms with Gasteiger partial charge in [-0.05, 0) is 18.1 Å². The summed E-state index contributed by atoms with van der Waals surface area (Å²) in [6.45, 7) is 0. The molecule has 0 aliphatic heterocycles. The second kappa shape index (κ2) is 4.62. The summed E-state index contributed by atoms with van der Waals surface area (Å²) in [5, 5.41) is 8.52. The molecule has 0 heterocycles. The summed E-state index contributed by atoms with van der Waals surface area (Å²) < 4.78 is 0. The number of carboxylic acid groups (broad SMARTS) is 1. The fourth-order valence-corrected chi connectivity index (χ4v) is 1.30. The van der Waals surface area contributed by atoms with E-state index in [2.05, 4.69) is 0 Å². The molecule has 0 aliphatic rings. The third-order valence-electron chi connectivity index (χ3n) is 1.97. The number of nitrogen functional groups attached to an aromatic ring is 1. The van der Waals surface area contributed by atoms with Crippen molar-refractivity contribution in [2.75, 3.05) is 5.73 Å². The van der Waals surface area contributed by atoms with E-state index in [1.807, 2.05) is 18.2 Å². The fourth-order valence-electron chi connectivity index (χ4n) is 1.30. The van der Waals surface area contributed by atoms with Crippen LogP contribution in [0.2, 0.25) is 0 Å². The fraction of sp³-hybridized carbons (Fsp3) is 0.300. The third-order valence-corrected chi connectivity index (χ3v) is 1.97. The van der Waals surface area contributed by atoms with Crippen LogP contribution in [-0.2, 0) is 11.2 Å². The summed E-state index contributed by atoms with van der Waals surface area (Å²) >= 11 is 0. The molecule has 4 heteroatoms. The smallest absolute Gasteiger partial charge is 0.304 e. The Kier molecular flexibility index (Phi) is 3.48. The lowest BCUT2D eigenvalue weighted by atomic mass is 10.0. The van der Waals surface area contributed by atoms with Crippen molar-refractivity contribution in [1.82, 2.24) is 0 Å². The van der Waals surface area contributed by atoms with Crippen molar-refractivity contribution < 1.29 is 9.90 Å². The molecule has 1 aromatic rings. The van der Waals surface area contributed by atoms with Gasteiger partial charge in [0.25, 0.3) is 0 Å². The zero-order valence-corrected chi connectivity index (χ0v) is 7.81. The number of rotatable bonds is 4. The van der Waals surface area contributed by atoms with Crippen LogP contribution >= 0.6 is 0 Å². The molecule has 76 valence electrons. The average molecular weight is 194 g/mol. The Balaban J connectivity index is 2.60. The Labute approximate surface area is 82.5 Å². The molecule has 0 saturated heterocycles. The van der Waals surface area contributed by atoms with Gasteiger partial charge in [0.1, 0.15) is 0 Å². The number of carbonyl (C=O) groups is 1. The largest absolute Gasteiger partial charge is 0.481 e. The zero-order chi connectivity index (χ0) is 10.6. The molecule has 1 aromatic carbocycles. The number of carboxylic acids is 1. The van der Waals surface area contributed by atoms with Crippen molar-refractivity contribution >= 4 is 11.7 Å². The molecule has 0 saturated carbocycles. The van der Waals surface area contributed by atoms with Gasteiger partial charge in [-0.3, -0.25) is 4.79 Å². The number of benzene rings is 1. The molecule has 14 heavy (non-hydrogen) atoms. The van der Waals surface area contributed by atoms with E-state index in [1.54, 1.807) is 6.07 Å². The van der Waals surface area contributed by atoms with E-state index < -0.39 is 5.97 Å². The third kappa shape index (κ3) is 3.06. The van der Waals surface area contributed by atoms with Gasteiger partial charge >= 0.3 is 5.97 Å². The lowest BCUT2D eigenvalue weighted by Gasteiger charge is -2.10. The normalized spacial score (nSPS) is 12.4. The lowest BCUT2D eigenvalue weighted by molar-refractivity contribution is -0.137. The topological polar surface area (TPSA) is 89.3 Å². The van der Waals surface area contributed by atoms with Gasteiger partial charge in [0.15, 0.2) is 0 Å². The summed E-state index contributed by atoms with van der Waals surface area (Å²) in [6, 6.07) is 6.96.